The zero-order chi connectivity index (χ0) is 13.0. The van der Waals surface area contributed by atoms with Gasteiger partial charge in [-0.2, -0.15) is 11.8 Å². The second-order valence-corrected chi connectivity index (χ2v) is 5.28. The Hall–Kier alpha value is -1.36. The van der Waals surface area contributed by atoms with Crippen molar-refractivity contribution in [2.24, 2.45) is 0 Å². The SMILES string of the molecule is CCOC(=O)c1cccc(N2CCSCC2)c1N. The van der Waals surface area contributed by atoms with Crippen molar-refractivity contribution in [3.8, 4) is 0 Å². The molecule has 1 aliphatic heterocycles. The van der Waals surface area contributed by atoms with E-state index < -0.39 is 0 Å². The number of carbonyl (C=O) groups is 1. The fourth-order valence-corrected chi connectivity index (χ4v) is 2.92. The molecule has 0 atom stereocenters. The second-order valence-electron chi connectivity index (χ2n) is 4.06. The zero-order valence-corrected chi connectivity index (χ0v) is 11.3. The largest absolute Gasteiger partial charge is 0.462 e. The number of hydrogen-bond donors (Lipinski definition) is 1. The van der Waals surface area contributed by atoms with Gasteiger partial charge in [-0.1, -0.05) is 6.07 Å². The van der Waals surface area contributed by atoms with E-state index in [0.29, 0.717) is 17.9 Å². The topological polar surface area (TPSA) is 55.6 Å². The minimum atomic E-state index is -0.344. The molecule has 1 fully saturated rings. The number of benzene rings is 1. The summed E-state index contributed by atoms with van der Waals surface area (Å²) in [6.45, 7) is 4.10. The first kappa shape index (κ1) is 13.1. The number of hydrogen-bond acceptors (Lipinski definition) is 5. The number of esters is 1. The molecule has 2 N–H and O–H groups in total. The number of anilines is 2. The molecule has 1 aliphatic rings. The Morgan fingerprint density at radius 3 is 2.83 bits per heavy atom. The van der Waals surface area contributed by atoms with Crippen molar-refractivity contribution >= 4 is 29.1 Å². The van der Waals surface area contributed by atoms with Crippen LogP contribution in [0.15, 0.2) is 18.2 Å². The van der Waals surface area contributed by atoms with Gasteiger partial charge in [0.25, 0.3) is 0 Å². The smallest absolute Gasteiger partial charge is 0.340 e. The number of ether oxygens (including phenoxy) is 1. The molecule has 0 amide bonds. The first-order chi connectivity index (χ1) is 8.74. The van der Waals surface area contributed by atoms with E-state index in [1.807, 2.05) is 23.9 Å². The second kappa shape index (κ2) is 6.00. The van der Waals surface area contributed by atoms with Gasteiger partial charge >= 0.3 is 5.97 Å². The molecule has 4 nitrogen and oxygen atoms in total. The molecule has 0 bridgehead atoms. The number of nitrogens with two attached hydrogens (primary N) is 1. The molecule has 5 heteroatoms. The molecule has 0 radical (unpaired) electrons. The Morgan fingerprint density at radius 1 is 1.44 bits per heavy atom. The molecule has 0 saturated carbocycles. The summed E-state index contributed by atoms with van der Waals surface area (Å²) in [5.74, 6) is 1.86. The Balaban J connectivity index is 2.26. The molecule has 0 unspecified atom stereocenters. The van der Waals surface area contributed by atoms with Gasteiger partial charge in [0.1, 0.15) is 0 Å². The molecule has 2 rings (SSSR count). The lowest BCUT2D eigenvalue weighted by molar-refractivity contribution is 0.0527. The van der Waals surface area contributed by atoms with E-state index in [1.165, 1.54) is 0 Å². The fraction of sp³-hybridized carbons (Fsp3) is 0.462. The first-order valence-electron chi connectivity index (χ1n) is 6.12. The summed E-state index contributed by atoms with van der Waals surface area (Å²) in [6, 6.07) is 5.54. The van der Waals surface area contributed by atoms with Crippen LogP contribution >= 0.6 is 11.8 Å². The Bertz CT molecular complexity index is 431. The van der Waals surface area contributed by atoms with Gasteiger partial charge in [0, 0.05) is 24.6 Å². The maximum atomic E-state index is 11.8. The van der Waals surface area contributed by atoms with Crippen molar-refractivity contribution in [1.29, 1.82) is 0 Å². The molecule has 1 heterocycles. The van der Waals surface area contributed by atoms with Crippen molar-refractivity contribution < 1.29 is 9.53 Å². The monoisotopic (exact) mass is 266 g/mol. The maximum Gasteiger partial charge on any atom is 0.340 e. The Morgan fingerprint density at radius 2 is 2.17 bits per heavy atom. The van der Waals surface area contributed by atoms with Crippen LogP contribution in [-0.2, 0) is 4.74 Å². The van der Waals surface area contributed by atoms with Crippen molar-refractivity contribution in [3.63, 3.8) is 0 Å². The van der Waals surface area contributed by atoms with Crippen LogP contribution in [0.2, 0.25) is 0 Å². The quantitative estimate of drug-likeness (QED) is 0.670. The predicted octanol–water partition coefficient (Wildman–Crippen LogP) is 2.00. The van der Waals surface area contributed by atoms with Crippen molar-refractivity contribution in [3.05, 3.63) is 23.8 Å². The van der Waals surface area contributed by atoms with Gasteiger partial charge in [0.2, 0.25) is 0 Å². The molecule has 1 aromatic carbocycles. The van der Waals surface area contributed by atoms with Crippen LogP contribution < -0.4 is 10.6 Å². The van der Waals surface area contributed by atoms with Gasteiger partial charge in [-0.3, -0.25) is 0 Å². The van der Waals surface area contributed by atoms with Crippen LogP contribution in [0.25, 0.3) is 0 Å². The van der Waals surface area contributed by atoms with Crippen molar-refractivity contribution in [2.75, 3.05) is 41.8 Å². The summed E-state index contributed by atoms with van der Waals surface area (Å²) in [4.78, 5) is 14.0. The summed E-state index contributed by atoms with van der Waals surface area (Å²) >= 11 is 1.94. The lowest BCUT2D eigenvalue weighted by atomic mass is 10.1. The molecule has 0 spiro atoms. The third-order valence-electron chi connectivity index (χ3n) is 2.93. The van der Waals surface area contributed by atoms with Crippen LogP contribution in [0.1, 0.15) is 17.3 Å². The standard InChI is InChI=1S/C13H18N2O2S/c1-2-17-13(16)10-4-3-5-11(12(10)14)15-6-8-18-9-7-15/h3-5H,2,6-9,14H2,1H3. The average molecular weight is 266 g/mol. The van der Waals surface area contributed by atoms with Gasteiger partial charge in [0.05, 0.1) is 23.5 Å². The lowest BCUT2D eigenvalue weighted by Crippen LogP contribution is -2.33. The number of rotatable bonds is 3. The van der Waals surface area contributed by atoms with Crippen molar-refractivity contribution in [2.45, 2.75) is 6.92 Å². The minimum absolute atomic E-state index is 0.344. The minimum Gasteiger partial charge on any atom is -0.462 e. The zero-order valence-electron chi connectivity index (χ0n) is 10.5. The highest BCUT2D eigenvalue weighted by Crippen LogP contribution is 2.29. The highest BCUT2D eigenvalue weighted by molar-refractivity contribution is 7.99. The molecule has 1 saturated heterocycles. The van der Waals surface area contributed by atoms with Gasteiger partial charge in [-0.25, -0.2) is 4.79 Å². The third kappa shape index (κ3) is 2.72. The van der Waals surface area contributed by atoms with E-state index in [9.17, 15) is 4.79 Å². The Kier molecular flexibility index (Phi) is 4.36. The van der Waals surface area contributed by atoms with Crippen LogP contribution in [0, 0.1) is 0 Å². The number of para-hydroxylation sites is 1. The van der Waals surface area contributed by atoms with E-state index in [1.54, 1.807) is 13.0 Å². The number of thioether (sulfide) groups is 1. The summed E-state index contributed by atoms with van der Waals surface area (Å²) < 4.78 is 5.01. The summed E-state index contributed by atoms with van der Waals surface area (Å²) in [5, 5.41) is 0. The van der Waals surface area contributed by atoms with E-state index in [-0.39, 0.29) is 5.97 Å². The normalized spacial score (nSPS) is 15.5. The van der Waals surface area contributed by atoms with E-state index in [0.717, 1.165) is 30.3 Å². The Labute approximate surface area is 111 Å². The highest BCUT2D eigenvalue weighted by Gasteiger charge is 2.18. The summed E-state index contributed by atoms with van der Waals surface area (Å²) in [5.41, 5.74) is 8.04. The summed E-state index contributed by atoms with van der Waals surface area (Å²) in [7, 11) is 0. The maximum absolute atomic E-state index is 11.8. The van der Waals surface area contributed by atoms with Gasteiger partial charge in [-0.05, 0) is 19.1 Å². The van der Waals surface area contributed by atoms with Crippen LogP contribution in [0.5, 0.6) is 0 Å². The molecule has 98 valence electrons. The number of nitrogen functional groups attached to an aromatic ring is 1. The van der Waals surface area contributed by atoms with E-state index in [2.05, 4.69) is 4.90 Å². The van der Waals surface area contributed by atoms with Crippen LogP contribution in [0.3, 0.4) is 0 Å². The van der Waals surface area contributed by atoms with Gasteiger partial charge in [-0.15, -0.1) is 0 Å². The lowest BCUT2D eigenvalue weighted by Gasteiger charge is -2.30. The van der Waals surface area contributed by atoms with Gasteiger partial charge < -0.3 is 15.4 Å². The number of nitrogens with zero attached hydrogens (tertiary/aromatic N) is 1. The van der Waals surface area contributed by atoms with Crippen LogP contribution in [-0.4, -0.2) is 37.2 Å². The fourth-order valence-electron chi connectivity index (χ4n) is 2.02. The summed E-state index contributed by atoms with van der Waals surface area (Å²) in [6.07, 6.45) is 0. The van der Waals surface area contributed by atoms with Crippen molar-refractivity contribution in [1.82, 2.24) is 0 Å². The first-order valence-corrected chi connectivity index (χ1v) is 7.27. The average Bonchev–Trinajstić information content (AvgIpc) is 2.40. The molecule has 18 heavy (non-hydrogen) atoms. The van der Waals surface area contributed by atoms with Gasteiger partial charge in [0.15, 0.2) is 0 Å². The predicted molar refractivity (Wildman–Crippen MR) is 76.3 cm³/mol. The van der Waals surface area contributed by atoms with Crippen LogP contribution in [0.4, 0.5) is 11.4 Å². The van der Waals surface area contributed by atoms with E-state index >= 15 is 0 Å². The highest BCUT2D eigenvalue weighted by atomic mass is 32.2. The third-order valence-corrected chi connectivity index (χ3v) is 3.87. The number of carbonyl (C=O) groups excluding carboxylic acids is 1. The molecule has 0 aromatic heterocycles. The molecule has 0 aliphatic carbocycles. The molecule has 1 aromatic rings. The van der Waals surface area contributed by atoms with E-state index in [4.69, 9.17) is 10.5 Å². The molecular weight excluding hydrogens is 248 g/mol. The molecular formula is C13H18N2O2S.